The molecule has 0 aliphatic carbocycles. The molecule has 0 fully saturated rings. The number of benzene rings is 2. The lowest BCUT2D eigenvalue weighted by Crippen LogP contribution is -2.45. The van der Waals surface area contributed by atoms with Gasteiger partial charge in [-0.05, 0) is 48.6 Å². The first-order valence-corrected chi connectivity index (χ1v) is 7.71. The number of hydrogen-bond acceptors (Lipinski definition) is 1. The lowest BCUT2D eigenvalue weighted by Gasteiger charge is -2.44. The second-order valence-corrected chi connectivity index (χ2v) is 6.23. The maximum Gasteiger partial charge on any atom is 0.0698 e. The molecule has 0 aromatic heterocycles. The maximum absolute atomic E-state index is 2.72. The van der Waals surface area contributed by atoms with Crippen molar-refractivity contribution >= 4 is 12.4 Å². The molecule has 0 amide bonds. The van der Waals surface area contributed by atoms with Gasteiger partial charge in [-0.1, -0.05) is 55.5 Å². The van der Waals surface area contributed by atoms with E-state index in [4.69, 9.17) is 0 Å². The third kappa shape index (κ3) is 1.81. The van der Waals surface area contributed by atoms with Crippen LogP contribution in [0.25, 0.3) is 0 Å². The Labute approximate surface area is 133 Å². The van der Waals surface area contributed by atoms with Crippen LogP contribution in [0, 0.1) is 0 Å². The summed E-state index contributed by atoms with van der Waals surface area (Å²) in [5, 5.41) is 0. The molecule has 2 atom stereocenters. The van der Waals surface area contributed by atoms with Crippen molar-refractivity contribution in [2.75, 3.05) is 6.54 Å². The summed E-state index contributed by atoms with van der Waals surface area (Å²) in [6.45, 7) is 5.87. The Balaban J connectivity index is 0.00000132. The van der Waals surface area contributed by atoms with E-state index >= 15 is 0 Å². The minimum atomic E-state index is 0. The predicted molar refractivity (Wildman–Crippen MR) is 90.0 cm³/mol. The highest BCUT2D eigenvalue weighted by molar-refractivity contribution is 5.85. The van der Waals surface area contributed by atoms with Crippen LogP contribution in [0.15, 0.2) is 48.5 Å². The van der Waals surface area contributed by atoms with Crippen molar-refractivity contribution in [2.24, 2.45) is 0 Å². The van der Waals surface area contributed by atoms with Gasteiger partial charge in [-0.25, -0.2) is 0 Å². The second kappa shape index (κ2) is 5.15. The van der Waals surface area contributed by atoms with Gasteiger partial charge in [0.25, 0.3) is 0 Å². The normalized spacial score (nSPS) is 25.9. The van der Waals surface area contributed by atoms with Crippen molar-refractivity contribution < 1.29 is 0 Å². The molecule has 2 heteroatoms. The zero-order chi connectivity index (χ0) is 13.7. The van der Waals surface area contributed by atoms with E-state index in [0.717, 1.165) is 6.42 Å². The van der Waals surface area contributed by atoms with E-state index in [1.807, 2.05) is 0 Å². The largest absolute Gasteiger partial charge is 0.283 e. The molecular weight excluding hydrogens is 278 g/mol. The number of nitrogens with zero attached hydrogens (tertiary/aromatic N) is 1. The van der Waals surface area contributed by atoms with Gasteiger partial charge in [0, 0.05) is 6.04 Å². The summed E-state index contributed by atoms with van der Waals surface area (Å²) >= 11 is 0. The van der Waals surface area contributed by atoms with Gasteiger partial charge in [-0.2, -0.15) is 0 Å². The average Bonchev–Trinajstić information content (AvgIpc) is 2.65. The van der Waals surface area contributed by atoms with Crippen LogP contribution in [0.2, 0.25) is 0 Å². The van der Waals surface area contributed by atoms with Crippen LogP contribution < -0.4 is 0 Å². The number of halogens is 1. The number of hydrogen-bond donors (Lipinski definition) is 0. The zero-order valence-electron chi connectivity index (χ0n) is 12.7. The van der Waals surface area contributed by atoms with Gasteiger partial charge in [0.05, 0.1) is 5.54 Å². The standard InChI is InChI=1S/C19H21N.ClH/c1-3-12-20-18-13-14-8-4-6-10-16(14)19(20,2)17-11-7-5-9-15(17)18;/h4-11,18H,3,12-13H2,1-2H3;1H. The lowest BCUT2D eigenvalue weighted by atomic mass is 9.80. The Morgan fingerprint density at radius 2 is 1.71 bits per heavy atom. The number of rotatable bonds is 2. The quantitative estimate of drug-likeness (QED) is 0.777. The van der Waals surface area contributed by atoms with Gasteiger partial charge in [0.1, 0.15) is 0 Å². The SMILES string of the molecule is CCCN1C2Cc3ccccc3C1(C)c1ccccc12.Cl. The van der Waals surface area contributed by atoms with Crippen molar-refractivity contribution in [3.05, 3.63) is 70.8 Å². The van der Waals surface area contributed by atoms with Crippen molar-refractivity contribution in [1.82, 2.24) is 4.90 Å². The highest BCUT2D eigenvalue weighted by atomic mass is 35.5. The van der Waals surface area contributed by atoms with Gasteiger partial charge >= 0.3 is 0 Å². The van der Waals surface area contributed by atoms with Crippen molar-refractivity contribution in [1.29, 1.82) is 0 Å². The second-order valence-electron chi connectivity index (χ2n) is 6.23. The van der Waals surface area contributed by atoms with Gasteiger partial charge in [0.15, 0.2) is 0 Å². The molecule has 110 valence electrons. The van der Waals surface area contributed by atoms with E-state index in [-0.39, 0.29) is 17.9 Å². The van der Waals surface area contributed by atoms with Crippen molar-refractivity contribution in [2.45, 2.75) is 38.3 Å². The molecule has 0 radical (unpaired) electrons. The fourth-order valence-corrected chi connectivity index (χ4v) is 4.39. The Kier molecular flexibility index (Phi) is 3.59. The zero-order valence-corrected chi connectivity index (χ0v) is 13.5. The molecule has 2 aromatic rings. The van der Waals surface area contributed by atoms with Crippen LogP contribution in [0.1, 0.15) is 48.6 Å². The molecule has 0 saturated carbocycles. The van der Waals surface area contributed by atoms with Crippen LogP contribution in [0.4, 0.5) is 0 Å². The van der Waals surface area contributed by atoms with Crippen LogP contribution in [-0.2, 0) is 12.0 Å². The first-order valence-electron chi connectivity index (χ1n) is 7.71. The monoisotopic (exact) mass is 299 g/mol. The molecule has 21 heavy (non-hydrogen) atoms. The van der Waals surface area contributed by atoms with Crippen LogP contribution >= 0.6 is 12.4 Å². The topological polar surface area (TPSA) is 3.24 Å². The fourth-order valence-electron chi connectivity index (χ4n) is 4.39. The maximum atomic E-state index is 2.72. The molecule has 1 nitrogen and oxygen atoms in total. The van der Waals surface area contributed by atoms with E-state index in [2.05, 4.69) is 67.3 Å². The highest BCUT2D eigenvalue weighted by Crippen LogP contribution is 2.55. The Morgan fingerprint density at radius 1 is 1.05 bits per heavy atom. The average molecular weight is 300 g/mol. The summed E-state index contributed by atoms with van der Waals surface area (Å²) in [7, 11) is 0. The lowest BCUT2D eigenvalue weighted by molar-refractivity contribution is 0.0957. The van der Waals surface area contributed by atoms with Crippen LogP contribution in [0.5, 0.6) is 0 Å². The van der Waals surface area contributed by atoms with Crippen LogP contribution in [0.3, 0.4) is 0 Å². The van der Waals surface area contributed by atoms with E-state index in [1.54, 1.807) is 5.56 Å². The summed E-state index contributed by atoms with van der Waals surface area (Å²) in [5.74, 6) is 0. The summed E-state index contributed by atoms with van der Waals surface area (Å²) in [6.07, 6.45) is 2.37. The highest BCUT2D eigenvalue weighted by Gasteiger charge is 2.51. The Hall–Kier alpha value is -1.31. The molecule has 0 N–H and O–H groups in total. The minimum Gasteiger partial charge on any atom is -0.283 e. The molecule has 0 spiro atoms. The third-order valence-corrected chi connectivity index (χ3v) is 5.21. The van der Waals surface area contributed by atoms with Gasteiger partial charge < -0.3 is 0 Å². The van der Waals surface area contributed by atoms with E-state index in [1.165, 1.54) is 29.7 Å². The van der Waals surface area contributed by atoms with E-state index in [0.29, 0.717) is 6.04 Å². The summed E-state index contributed by atoms with van der Waals surface area (Å²) in [6, 6.07) is 18.6. The smallest absolute Gasteiger partial charge is 0.0698 e. The summed E-state index contributed by atoms with van der Waals surface area (Å²) in [5.41, 5.74) is 6.16. The molecule has 2 aliphatic rings. The summed E-state index contributed by atoms with van der Waals surface area (Å²) in [4.78, 5) is 2.72. The summed E-state index contributed by atoms with van der Waals surface area (Å²) < 4.78 is 0. The molecule has 2 bridgehead atoms. The predicted octanol–water partition coefficient (Wildman–Crippen LogP) is 4.69. The Morgan fingerprint density at radius 3 is 2.48 bits per heavy atom. The third-order valence-electron chi connectivity index (χ3n) is 5.21. The molecule has 2 aliphatic heterocycles. The molecule has 0 saturated heterocycles. The number of fused-ring (bicyclic) bond motifs is 7. The van der Waals surface area contributed by atoms with Gasteiger partial charge in [-0.3, -0.25) is 4.90 Å². The van der Waals surface area contributed by atoms with E-state index in [9.17, 15) is 0 Å². The van der Waals surface area contributed by atoms with Crippen molar-refractivity contribution in [3.8, 4) is 0 Å². The Bertz CT molecular complexity index is 653. The van der Waals surface area contributed by atoms with Crippen LogP contribution in [-0.4, -0.2) is 11.4 Å². The molecule has 4 rings (SSSR count). The first-order chi connectivity index (χ1) is 9.76. The first kappa shape index (κ1) is 14.6. The molecule has 2 unspecified atom stereocenters. The van der Waals surface area contributed by atoms with Gasteiger partial charge in [-0.15, -0.1) is 12.4 Å². The fraction of sp³-hybridized carbons (Fsp3) is 0.368. The van der Waals surface area contributed by atoms with Crippen molar-refractivity contribution in [3.63, 3.8) is 0 Å². The van der Waals surface area contributed by atoms with Gasteiger partial charge in [0.2, 0.25) is 0 Å². The molecular formula is C19H22ClN. The minimum absolute atomic E-state index is 0. The molecule has 2 heterocycles. The van der Waals surface area contributed by atoms with E-state index < -0.39 is 0 Å². The molecule has 2 aromatic carbocycles.